The number of carbonyl (C=O) groups excluding carboxylic acids is 1. The summed E-state index contributed by atoms with van der Waals surface area (Å²) in [5.74, 6) is -0.539. The zero-order chi connectivity index (χ0) is 30.6. The number of carboxylic acids is 1. The minimum absolute atomic E-state index is 0.0503. The van der Waals surface area contributed by atoms with Gasteiger partial charge in [-0.3, -0.25) is 4.79 Å². The van der Waals surface area contributed by atoms with Crippen molar-refractivity contribution in [3.8, 4) is 22.6 Å². The Kier molecular flexibility index (Phi) is 8.78. The second-order valence-corrected chi connectivity index (χ2v) is 12.0. The zero-order valence-electron chi connectivity index (χ0n) is 24.5. The van der Waals surface area contributed by atoms with E-state index in [2.05, 4.69) is 48.2 Å². The van der Waals surface area contributed by atoms with Crippen molar-refractivity contribution in [2.24, 2.45) is 0 Å². The van der Waals surface area contributed by atoms with Gasteiger partial charge in [0.1, 0.15) is 22.6 Å². The lowest BCUT2D eigenvalue weighted by Crippen LogP contribution is -2.43. The Balaban J connectivity index is 1.31. The van der Waals surface area contributed by atoms with Gasteiger partial charge in [0.25, 0.3) is 5.91 Å². The third-order valence-corrected chi connectivity index (χ3v) is 7.79. The van der Waals surface area contributed by atoms with Gasteiger partial charge in [-0.25, -0.2) is 14.8 Å². The number of rotatable bonds is 9. The van der Waals surface area contributed by atoms with Crippen molar-refractivity contribution < 1.29 is 19.4 Å². The standard InChI is InChI=1S/C35H33N3O4S/c1-35(2,3)25-14-16-26(17-15-25)42-27-18-19-29-28(21-27)33(43-4)38-31(36-29)32(39)37-30(34(40)41)20-22-10-12-24(13-11-22)23-8-6-5-7-9-23/h5-19,21,30H,20H2,1-4H3,(H,37,39)(H,40,41)/t30-/m0/s1. The van der Waals surface area contributed by atoms with Crippen molar-refractivity contribution in [1.29, 1.82) is 0 Å². The van der Waals surface area contributed by atoms with Crippen molar-refractivity contribution in [3.63, 3.8) is 0 Å². The van der Waals surface area contributed by atoms with Gasteiger partial charge < -0.3 is 15.2 Å². The summed E-state index contributed by atoms with van der Waals surface area (Å²) in [4.78, 5) is 34.2. The van der Waals surface area contributed by atoms with E-state index < -0.39 is 17.9 Å². The lowest BCUT2D eigenvalue weighted by atomic mass is 9.87. The average molecular weight is 592 g/mol. The fourth-order valence-corrected chi connectivity index (χ4v) is 5.24. The molecule has 0 radical (unpaired) electrons. The largest absolute Gasteiger partial charge is 0.480 e. The van der Waals surface area contributed by atoms with Gasteiger partial charge in [0.15, 0.2) is 0 Å². The van der Waals surface area contributed by atoms with Gasteiger partial charge in [0.2, 0.25) is 5.82 Å². The van der Waals surface area contributed by atoms with E-state index in [0.29, 0.717) is 22.0 Å². The first-order chi connectivity index (χ1) is 20.6. The molecule has 8 heteroatoms. The van der Waals surface area contributed by atoms with Gasteiger partial charge in [-0.05, 0) is 64.3 Å². The zero-order valence-corrected chi connectivity index (χ0v) is 25.3. The van der Waals surface area contributed by atoms with Crippen LogP contribution < -0.4 is 10.1 Å². The molecule has 5 aromatic rings. The molecule has 1 heterocycles. The Labute approximate surface area is 255 Å². The highest BCUT2D eigenvalue weighted by molar-refractivity contribution is 7.98. The van der Waals surface area contributed by atoms with Crippen LogP contribution in [0.1, 0.15) is 42.5 Å². The number of nitrogens with one attached hydrogen (secondary N) is 1. The summed E-state index contributed by atoms with van der Waals surface area (Å²) >= 11 is 1.37. The molecule has 0 aliphatic heterocycles. The fraction of sp³-hybridized carbons (Fsp3) is 0.200. The summed E-state index contributed by atoms with van der Waals surface area (Å²) in [5.41, 5.74) is 4.72. The van der Waals surface area contributed by atoms with Gasteiger partial charge in [0, 0.05) is 11.8 Å². The predicted molar refractivity (Wildman–Crippen MR) is 171 cm³/mol. The Morgan fingerprint density at radius 3 is 2.14 bits per heavy atom. The molecule has 1 atom stereocenters. The number of carboxylic acid groups (broad SMARTS) is 1. The molecule has 43 heavy (non-hydrogen) atoms. The molecule has 0 unspecified atom stereocenters. The fourth-order valence-electron chi connectivity index (χ4n) is 4.68. The predicted octanol–water partition coefficient (Wildman–Crippen LogP) is 7.53. The summed E-state index contributed by atoms with van der Waals surface area (Å²) in [6, 6.07) is 29.8. The quantitative estimate of drug-likeness (QED) is 0.135. The van der Waals surface area contributed by atoms with Gasteiger partial charge in [-0.2, -0.15) is 0 Å². The minimum Gasteiger partial charge on any atom is -0.480 e. The SMILES string of the molecule is CSc1nc(C(=O)N[C@@H](Cc2ccc(-c3ccccc3)cc2)C(=O)O)nc2ccc(Oc3ccc(C(C)(C)C)cc3)cc12. The molecule has 2 N–H and O–H groups in total. The summed E-state index contributed by atoms with van der Waals surface area (Å²) in [5, 5.41) is 13.8. The molecule has 4 aromatic carbocycles. The number of carbonyl (C=O) groups is 2. The number of benzene rings is 4. The highest BCUT2D eigenvalue weighted by Crippen LogP contribution is 2.31. The normalized spacial score (nSPS) is 12.1. The van der Waals surface area contributed by atoms with Crippen LogP contribution in [-0.2, 0) is 16.6 Å². The highest BCUT2D eigenvalue weighted by atomic mass is 32.2. The second-order valence-electron chi connectivity index (χ2n) is 11.2. The molecular formula is C35H33N3O4S. The van der Waals surface area contributed by atoms with Crippen molar-refractivity contribution in [1.82, 2.24) is 15.3 Å². The van der Waals surface area contributed by atoms with Crippen LogP contribution in [0.5, 0.6) is 11.5 Å². The van der Waals surface area contributed by atoms with Crippen LogP contribution in [-0.4, -0.2) is 39.2 Å². The topological polar surface area (TPSA) is 101 Å². The highest BCUT2D eigenvalue weighted by Gasteiger charge is 2.24. The number of fused-ring (bicyclic) bond motifs is 1. The van der Waals surface area contributed by atoms with Gasteiger partial charge in [-0.15, -0.1) is 11.8 Å². The molecule has 1 amide bonds. The second kappa shape index (κ2) is 12.7. The van der Waals surface area contributed by atoms with Crippen LogP contribution in [0.4, 0.5) is 0 Å². The molecule has 0 saturated carbocycles. The molecule has 0 aliphatic carbocycles. The number of aliphatic carboxylic acids is 1. The van der Waals surface area contributed by atoms with Crippen LogP contribution in [0.3, 0.4) is 0 Å². The number of hydrogen-bond acceptors (Lipinski definition) is 6. The number of thioether (sulfide) groups is 1. The summed E-state index contributed by atoms with van der Waals surface area (Å²) < 4.78 is 6.09. The third-order valence-electron chi connectivity index (χ3n) is 7.09. The molecule has 1 aromatic heterocycles. The van der Waals surface area contributed by atoms with Crippen LogP contribution in [0.15, 0.2) is 102 Å². The summed E-state index contributed by atoms with van der Waals surface area (Å²) in [6.45, 7) is 6.49. The van der Waals surface area contributed by atoms with Crippen molar-refractivity contribution in [3.05, 3.63) is 114 Å². The van der Waals surface area contributed by atoms with Crippen molar-refractivity contribution in [2.45, 2.75) is 43.7 Å². The maximum Gasteiger partial charge on any atom is 0.326 e. The molecule has 218 valence electrons. The first-order valence-electron chi connectivity index (χ1n) is 13.9. The molecular weight excluding hydrogens is 558 g/mol. The number of aromatic nitrogens is 2. The van der Waals surface area contributed by atoms with Crippen LogP contribution in [0.2, 0.25) is 0 Å². The smallest absolute Gasteiger partial charge is 0.326 e. The van der Waals surface area contributed by atoms with Crippen LogP contribution in [0.25, 0.3) is 22.0 Å². The maximum atomic E-state index is 13.2. The van der Waals surface area contributed by atoms with Gasteiger partial charge >= 0.3 is 5.97 Å². The van der Waals surface area contributed by atoms with E-state index >= 15 is 0 Å². The number of nitrogens with zero attached hydrogens (tertiary/aromatic N) is 2. The molecule has 0 saturated heterocycles. The molecule has 5 rings (SSSR count). The van der Waals surface area contributed by atoms with Crippen LogP contribution in [0, 0.1) is 0 Å². The maximum absolute atomic E-state index is 13.2. The number of amides is 1. The summed E-state index contributed by atoms with van der Waals surface area (Å²) in [6.07, 6.45) is 1.98. The molecule has 0 bridgehead atoms. The van der Waals surface area contributed by atoms with Gasteiger partial charge in [0.05, 0.1) is 5.52 Å². The Morgan fingerprint density at radius 2 is 1.51 bits per heavy atom. The molecule has 0 fully saturated rings. The van der Waals surface area contributed by atoms with E-state index in [0.717, 1.165) is 22.1 Å². The first-order valence-corrected chi connectivity index (χ1v) is 15.2. The first kappa shape index (κ1) is 29.8. The number of hydrogen-bond donors (Lipinski definition) is 2. The Hall–Kier alpha value is -4.69. The number of ether oxygens (including phenoxy) is 1. The van der Waals surface area contributed by atoms with Gasteiger partial charge in [-0.1, -0.05) is 87.5 Å². The lowest BCUT2D eigenvalue weighted by Gasteiger charge is -2.19. The molecule has 7 nitrogen and oxygen atoms in total. The van der Waals surface area contributed by atoms with E-state index in [9.17, 15) is 14.7 Å². The molecule has 0 aliphatic rings. The third kappa shape index (κ3) is 7.21. The van der Waals surface area contributed by atoms with E-state index in [1.807, 2.05) is 79.1 Å². The Morgan fingerprint density at radius 1 is 0.860 bits per heavy atom. The Bertz CT molecular complexity index is 1750. The minimum atomic E-state index is -1.15. The van der Waals surface area contributed by atoms with Crippen molar-refractivity contribution >= 4 is 34.5 Å². The van der Waals surface area contributed by atoms with E-state index in [1.165, 1.54) is 17.3 Å². The van der Waals surface area contributed by atoms with Crippen LogP contribution >= 0.6 is 11.8 Å². The average Bonchev–Trinajstić information content (AvgIpc) is 3.00. The van der Waals surface area contributed by atoms with Crippen molar-refractivity contribution in [2.75, 3.05) is 6.26 Å². The monoisotopic (exact) mass is 591 g/mol. The summed E-state index contributed by atoms with van der Waals surface area (Å²) in [7, 11) is 0. The molecule has 0 spiro atoms. The lowest BCUT2D eigenvalue weighted by molar-refractivity contribution is -0.139. The van der Waals surface area contributed by atoms with E-state index in [4.69, 9.17) is 4.74 Å². The van der Waals surface area contributed by atoms with E-state index in [1.54, 1.807) is 12.1 Å². The van der Waals surface area contributed by atoms with E-state index in [-0.39, 0.29) is 17.7 Å².